The number of hydrogen-bond acceptors (Lipinski definition) is 5. The van der Waals surface area contributed by atoms with Gasteiger partial charge in [0.15, 0.2) is 0 Å². The van der Waals surface area contributed by atoms with Gasteiger partial charge in [0.1, 0.15) is 11.6 Å². The number of pyridine rings is 2. The Kier molecular flexibility index (Phi) is 5.49. The number of aliphatic hydroxyl groups is 1. The molecule has 6 nitrogen and oxygen atoms in total. The van der Waals surface area contributed by atoms with Gasteiger partial charge >= 0.3 is 0 Å². The summed E-state index contributed by atoms with van der Waals surface area (Å²) >= 11 is 0. The van der Waals surface area contributed by atoms with E-state index in [4.69, 9.17) is 0 Å². The molecular weight excluding hydrogens is 304 g/mol. The monoisotopic (exact) mass is 332 g/mol. The molecule has 2 aromatic rings. The van der Waals surface area contributed by atoms with Crippen molar-refractivity contribution in [1.29, 1.82) is 0 Å². The molecule has 1 unspecified atom stereocenters. The normalized spacial score (nSPS) is 13.1. The fourth-order valence-electron chi connectivity index (χ4n) is 2.63. The Morgan fingerprint density at radius 3 is 2.58 bits per heavy atom. The van der Waals surface area contributed by atoms with Gasteiger partial charge < -0.3 is 20.3 Å². The summed E-state index contributed by atoms with van der Waals surface area (Å²) in [5.41, 5.74) is -0.242. The fourth-order valence-corrected chi connectivity index (χ4v) is 2.63. The summed E-state index contributed by atoms with van der Waals surface area (Å²) in [4.78, 5) is 17.4. The van der Waals surface area contributed by atoms with Crippen molar-refractivity contribution in [3.05, 3.63) is 28.7 Å². The number of hydrogen-bond donors (Lipinski definition) is 3. The van der Waals surface area contributed by atoms with E-state index in [9.17, 15) is 9.90 Å². The van der Waals surface area contributed by atoms with Gasteiger partial charge in [-0.1, -0.05) is 20.8 Å². The van der Waals surface area contributed by atoms with Crippen molar-refractivity contribution >= 4 is 22.4 Å². The molecule has 0 aliphatic heterocycles. The van der Waals surface area contributed by atoms with Crippen LogP contribution in [-0.2, 0) is 6.54 Å². The molecule has 132 valence electrons. The summed E-state index contributed by atoms with van der Waals surface area (Å²) in [6, 6.07) is 3.61. The minimum Gasteiger partial charge on any atom is -0.394 e. The zero-order valence-electron chi connectivity index (χ0n) is 15.2. The highest BCUT2D eigenvalue weighted by molar-refractivity contribution is 5.93. The molecule has 1 atom stereocenters. The molecule has 0 aromatic carbocycles. The van der Waals surface area contributed by atoms with E-state index in [1.165, 1.54) is 0 Å². The zero-order chi connectivity index (χ0) is 17.9. The van der Waals surface area contributed by atoms with Gasteiger partial charge in [-0.15, -0.1) is 0 Å². The molecule has 0 spiro atoms. The van der Waals surface area contributed by atoms with Crippen LogP contribution in [0.3, 0.4) is 0 Å². The van der Waals surface area contributed by atoms with Gasteiger partial charge in [-0.2, -0.15) is 0 Å². The molecule has 2 heterocycles. The molecule has 0 aliphatic rings. The third-order valence-electron chi connectivity index (χ3n) is 4.20. The highest BCUT2D eigenvalue weighted by Crippen LogP contribution is 2.27. The quantitative estimate of drug-likeness (QED) is 0.758. The van der Waals surface area contributed by atoms with Crippen LogP contribution in [0.25, 0.3) is 10.8 Å². The number of anilines is 2. The molecule has 0 saturated carbocycles. The highest BCUT2D eigenvalue weighted by atomic mass is 16.3. The lowest BCUT2D eigenvalue weighted by Crippen LogP contribution is -2.38. The second-order valence-electron chi connectivity index (χ2n) is 7.00. The van der Waals surface area contributed by atoms with Gasteiger partial charge in [-0.05, 0) is 36.8 Å². The van der Waals surface area contributed by atoms with Gasteiger partial charge in [0.2, 0.25) is 0 Å². The summed E-state index contributed by atoms with van der Waals surface area (Å²) < 4.78 is 1.66. The summed E-state index contributed by atoms with van der Waals surface area (Å²) in [6.45, 7) is 11.4. The van der Waals surface area contributed by atoms with Gasteiger partial charge in [-0.25, -0.2) is 4.98 Å². The van der Waals surface area contributed by atoms with Crippen molar-refractivity contribution in [3.63, 3.8) is 0 Å². The van der Waals surface area contributed by atoms with Crippen molar-refractivity contribution in [2.75, 3.05) is 23.8 Å². The van der Waals surface area contributed by atoms with Crippen molar-refractivity contribution in [1.82, 2.24) is 9.55 Å². The number of aryl methyl sites for hydroxylation is 1. The third-order valence-corrected chi connectivity index (χ3v) is 4.20. The van der Waals surface area contributed by atoms with Gasteiger partial charge in [0, 0.05) is 19.3 Å². The van der Waals surface area contributed by atoms with E-state index in [-0.39, 0.29) is 23.6 Å². The molecule has 2 rings (SSSR count). The average molecular weight is 332 g/mol. The van der Waals surface area contributed by atoms with E-state index in [1.54, 1.807) is 10.8 Å². The molecule has 3 N–H and O–H groups in total. The van der Waals surface area contributed by atoms with Crippen molar-refractivity contribution in [3.8, 4) is 0 Å². The first kappa shape index (κ1) is 18.3. The summed E-state index contributed by atoms with van der Waals surface area (Å²) in [5, 5.41) is 17.6. The van der Waals surface area contributed by atoms with Crippen LogP contribution in [-0.4, -0.2) is 33.9 Å². The molecule has 6 heteroatoms. The van der Waals surface area contributed by atoms with Crippen molar-refractivity contribution in [2.24, 2.45) is 5.41 Å². The van der Waals surface area contributed by atoms with Crippen LogP contribution in [0, 0.1) is 5.41 Å². The molecular formula is C18H28N4O2. The Labute approximate surface area is 142 Å². The van der Waals surface area contributed by atoms with Gasteiger partial charge in [-0.3, -0.25) is 4.79 Å². The molecule has 0 fully saturated rings. The van der Waals surface area contributed by atoms with E-state index in [1.807, 2.05) is 46.8 Å². The maximum Gasteiger partial charge on any atom is 0.262 e. The van der Waals surface area contributed by atoms with Crippen LogP contribution in [0.2, 0.25) is 0 Å². The summed E-state index contributed by atoms with van der Waals surface area (Å²) in [6.07, 6.45) is 1.80. The molecule has 0 amide bonds. The van der Waals surface area contributed by atoms with Crippen molar-refractivity contribution in [2.45, 2.75) is 47.2 Å². The molecule has 2 aromatic heterocycles. The van der Waals surface area contributed by atoms with Crippen LogP contribution in [0.4, 0.5) is 11.6 Å². The van der Waals surface area contributed by atoms with E-state index >= 15 is 0 Å². The molecule has 0 bridgehead atoms. The smallest absolute Gasteiger partial charge is 0.262 e. The SMILES string of the molecule is CCNc1cc2ccn(CC)c(=O)c2c(NC(CO)C(C)(C)C)n1. The minimum atomic E-state index is -0.209. The number of nitrogens with one attached hydrogen (secondary N) is 2. The predicted octanol–water partition coefficient (Wildman–Crippen LogP) is 2.67. The second-order valence-corrected chi connectivity index (χ2v) is 7.00. The Morgan fingerprint density at radius 1 is 1.33 bits per heavy atom. The molecule has 0 aliphatic carbocycles. The number of aromatic nitrogens is 2. The van der Waals surface area contributed by atoms with Crippen LogP contribution >= 0.6 is 0 Å². The standard InChI is InChI=1S/C18H28N4O2/c1-6-19-14-10-12-8-9-22(7-2)17(24)15(12)16(21-14)20-13(11-23)18(3,4)5/h8-10,13,23H,6-7,11H2,1-5H3,(H2,19,20,21). The molecule has 24 heavy (non-hydrogen) atoms. The second kappa shape index (κ2) is 7.21. The number of nitrogens with zero attached hydrogens (tertiary/aromatic N) is 2. The van der Waals surface area contributed by atoms with E-state index in [2.05, 4.69) is 15.6 Å². The number of rotatable bonds is 6. The Balaban J connectivity index is 2.65. The molecule has 0 radical (unpaired) electrons. The van der Waals surface area contributed by atoms with Gasteiger partial charge in [0.25, 0.3) is 5.56 Å². The van der Waals surface area contributed by atoms with Crippen molar-refractivity contribution < 1.29 is 5.11 Å². The lowest BCUT2D eigenvalue weighted by molar-refractivity contribution is 0.202. The number of aliphatic hydroxyl groups excluding tert-OH is 1. The Morgan fingerprint density at radius 2 is 2.04 bits per heavy atom. The first-order chi connectivity index (χ1) is 11.3. The minimum absolute atomic E-state index is 0.0348. The summed E-state index contributed by atoms with van der Waals surface area (Å²) in [7, 11) is 0. The largest absolute Gasteiger partial charge is 0.394 e. The maximum atomic E-state index is 12.8. The lowest BCUT2D eigenvalue weighted by Gasteiger charge is -2.30. The first-order valence-corrected chi connectivity index (χ1v) is 8.47. The third kappa shape index (κ3) is 3.70. The Bertz CT molecular complexity index is 762. The topological polar surface area (TPSA) is 79.2 Å². The summed E-state index contributed by atoms with van der Waals surface area (Å²) in [5.74, 6) is 1.23. The first-order valence-electron chi connectivity index (χ1n) is 8.47. The fraction of sp³-hybridized carbons (Fsp3) is 0.556. The Hall–Kier alpha value is -2.08. The van der Waals surface area contributed by atoms with Crippen LogP contribution in [0.5, 0.6) is 0 Å². The van der Waals surface area contributed by atoms with E-state index in [0.717, 1.165) is 11.9 Å². The maximum absolute atomic E-state index is 12.8. The van der Waals surface area contributed by atoms with Crippen LogP contribution < -0.4 is 16.2 Å². The average Bonchev–Trinajstić information content (AvgIpc) is 2.51. The van der Waals surface area contributed by atoms with Crippen LogP contribution in [0.15, 0.2) is 23.1 Å². The van der Waals surface area contributed by atoms with E-state index in [0.29, 0.717) is 23.6 Å². The van der Waals surface area contributed by atoms with Crippen LogP contribution in [0.1, 0.15) is 34.6 Å². The lowest BCUT2D eigenvalue weighted by atomic mass is 9.87. The highest BCUT2D eigenvalue weighted by Gasteiger charge is 2.25. The molecule has 0 saturated heterocycles. The van der Waals surface area contributed by atoms with E-state index < -0.39 is 0 Å². The van der Waals surface area contributed by atoms with Gasteiger partial charge in [0.05, 0.1) is 18.0 Å². The zero-order valence-corrected chi connectivity index (χ0v) is 15.2. The predicted molar refractivity (Wildman–Crippen MR) is 99.8 cm³/mol. The number of fused-ring (bicyclic) bond motifs is 1.